The average molecular weight is 547 g/mol. The number of hydrogen-bond donors (Lipinski definition) is 0. The van der Waals surface area contributed by atoms with Gasteiger partial charge in [0, 0.05) is 17.6 Å². The molecule has 0 aliphatic carbocycles. The fourth-order valence-corrected chi connectivity index (χ4v) is 4.44. The van der Waals surface area contributed by atoms with Crippen molar-refractivity contribution in [3.8, 4) is 22.9 Å². The minimum atomic E-state index is -1.09. The van der Waals surface area contributed by atoms with Gasteiger partial charge in [-0.15, -0.1) is 0 Å². The summed E-state index contributed by atoms with van der Waals surface area (Å²) in [4.78, 5) is 34.8. The standard InChI is InChI=1S/C29H34BN3O7/c1-6-36-14-15-37-29-31-20(3)28(21(4)32-29)25-9-7-8-22(19(25)2)18-38-24-12-10-23(11-13-24)30-39-26(34)16-33(5)17-27(35)40-30/h7-13H,6,14-18H2,1-5H3. The van der Waals surface area contributed by atoms with Gasteiger partial charge >= 0.3 is 25.1 Å². The molecule has 2 heterocycles. The van der Waals surface area contributed by atoms with E-state index in [1.165, 1.54) is 0 Å². The molecule has 0 N–H and O–H groups in total. The highest BCUT2D eigenvalue weighted by Gasteiger charge is 2.33. The molecule has 11 heteroatoms. The molecule has 0 saturated carbocycles. The molecule has 0 bridgehead atoms. The molecular weight excluding hydrogens is 513 g/mol. The summed E-state index contributed by atoms with van der Waals surface area (Å²) < 4.78 is 27.7. The minimum absolute atomic E-state index is 0.0166. The van der Waals surface area contributed by atoms with Crippen molar-refractivity contribution < 1.29 is 33.1 Å². The predicted molar refractivity (Wildman–Crippen MR) is 150 cm³/mol. The Morgan fingerprint density at radius 2 is 1.55 bits per heavy atom. The highest BCUT2D eigenvalue weighted by molar-refractivity contribution is 6.64. The fourth-order valence-electron chi connectivity index (χ4n) is 4.44. The van der Waals surface area contributed by atoms with E-state index < -0.39 is 19.1 Å². The first-order valence-electron chi connectivity index (χ1n) is 13.2. The highest BCUT2D eigenvalue weighted by atomic mass is 16.6. The van der Waals surface area contributed by atoms with E-state index in [1.807, 2.05) is 32.9 Å². The van der Waals surface area contributed by atoms with E-state index in [0.29, 0.717) is 43.7 Å². The predicted octanol–water partition coefficient (Wildman–Crippen LogP) is 2.79. The third-order valence-corrected chi connectivity index (χ3v) is 6.45. The van der Waals surface area contributed by atoms with Crippen LogP contribution in [0.15, 0.2) is 42.5 Å². The number of carbonyl (C=O) groups excluding carboxylic acids is 2. The van der Waals surface area contributed by atoms with Gasteiger partial charge in [-0.05, 0) is 63.6 Å². The molecular formula is C29H34BN3O7. The number of nitrogens with zero attached hydrogens (tertiary/aromatic N) is 3. The van der Waals surface area contributed by atoms with Crippen molar-refractivity contribution in [2.45, 2.75) is 34.3 Å². The largest absolute Gasteiger partial charge is 0.636 e. The Morgan fingerprint density at radius 1 is 0.900 bits per heavy atom. The van der Waals surface area contributed by atoms with Crippen molar-refractivity contribution in [3.63, 3.8) is 0 Å². The third-order valence-electron chi connectivity index (χ3n) is 6.45. The van der Waals surface area contributed by atoms with Gasteiger partial charge in [0.1, 0.15) is 19.0 Å². The monoisotopic (exact) mass is 547 g/mol. The van der Waals surface area contributed by atoms with Crippen LogP contribution < -0.4 is 14.9 Å². The summed E-state index contributed by atoms with van der Waals surface area (Å²) in [5, 5.41) is 0. The summed E-state index contributed by atoms with van der Waals surface area (Å²) in [7, 11) is 0.566. The number of benzene rings is 2. The van der Waals surface area contributed by atoms with Crippen LogP contribution in [0.5, 0.6) is 11.8 Å². The van der Waals surface area contributed by atoms with Gasteiger partial charge in [0.15, 0.2) is 0 Å². The van der Waals surface area contributed by atoms with E-state index in [9.17, 15) is 9.59 Å². The van der Waals surface area contributed by atoms with E-state index in [0.717, 1.165) is 33.6 Å². The summed E-state index contributed by atoms with van der Waals surface area (Å²) >= 11 is 0. The maximum absolute atomic E-state index is 12.0. The first-order valence-corrected chi connectivity index (χ1v) is 13.2. The summed E-state index contributed by atoms with van der Waals surface area (Å²) in [6.45, 7) is 9.79. The molecule has 10 nitrogen and oxygen atoms in total. The van der Waals surface area contributed by atoms with Crippen molar-refractivity contribution in [3.05, 3.63) is 65.0 Å². The van der Waals surface area contributed by atoms with Crippen molar-refractivity contribution in [1.29, 1.82) is 0 Å². The Bertz CT molecular complexity index is 1310. The Labute approximate surface area is 234 Å². The number of carbonyl (C=O) groups is 2. The SMILES string of the molecule is CCOCCOc1nc(C)c(-c2cccc(COc3ccc(B4OC(=O)CN(C)CC(=O)O4)cc3)c2C)c(C)n1. The van der Waals surface area contributed by atoms with Crippen LogP contribution in [0.2, 0.25) is 0 Å². The molecule has 4 rings (SSSR count). The molecule has 0 atom stereocenters. The lowest BCUT2D eigenvalue weighted by Crippen LogP contribution is -2.47. The van der Waals surface area contributed by atoms with Crippen molar-refractivity contribution >= 4 is 24.5 Å². The molecule has 210 valence electrons. The second-order valence-electron chi connectivity index (χ2n) is 9.53. The number of rotatable bonds is 10. The first-order chi connectivity index (χ1) is 19.2. The second kappa shape index (κ2) is 13.4. The van der Waals surface area contributed by atoms with Gasteiger partial charge < -0.3 is 23.5 Å². The third kappa shape index (κ3) is 7.37. The molecule has 1 saturated heterocycles. The van der Waals surface area contributed by atoms with Gasteiger partial charge in [0.25, 0.3) is 0 Å². The molecule has 2 aromatic carbocycles. The van der Waals surface area contributed by atoms with E-state index >= 15 is 0 Å². The Kier molecular flexibility index (Phi) is 9.73. The zero-order valence-electron chi connectivity index (χ0n) is 23.6. The molecule has 0 spiro atoms. The van der Waals surface area contributed by atoms with E-state index in [4.69, 9.17) is 23.5 Å². The van der Waals surface area contributed by atoms with E-state index in [2.05, 4.69) is 23.0 Å². The molecule has 1 aliphatic rings. The minimum Gasteiger partial charge on any atom is -0.494 e. The highest BCUT2D eigenvalue weighted by Crippen LogP contribution is 2.31. The van der Waals surface area contributed by atoms with Crippen LogP contribution in [-0.2, 0) is 30.2 Å². The molecule has 0 amide bonds. The average Bonchev–Trinajstić information content (AvgIpc) is 2.90. The van der Waals surface area contributed by atoms with Crippen molar-refractivity contribution in [2.75, 3.05) is 40.0 Å². The summed E-state index contributed by atoms with van der Waals surface area (Å²) in [6.07, 6.45) is 0. The van der Waals surface area contributed by atoms with E-state index in [1.54, 1.807) is 36.2 Å². The zero-order chi connectivity index (χ0) is 28.6. The van der Waals surface area contributed by atoms with E-state index in [-0.39, 0.29) is 13.1 Å². The van der Waals surface area contributed by atoms with Crippen LogP contribution in [0.1, 0.15) is 29.4 Å². The quantitative estimate of drug-likeness (QED) is 0.278. The zero-order valence-corrected chi connectivity index (χ0v) is 23.6. The fraction of sp³-hybridized carbons (Fsp3) is 0.379. The van der Waals surface area contributed by atoms with Crippen LogP contribution in [0.3, 0.4) is 0 Å². The van der Waals surface area contributed by atoms with Crippen molar-refractivity contribution in [1.82, 2.24) is 14.9 Å². The van der Waals surface area contributed by atoms with Crippen LogP contribution in [-0.4, -0.2) is 73.9 Å². The number of aromatic nitrogens is 2. The lowest BCUT2D eigenvalue weighted by atomic mass is 9.78. The molecule has 3 aromatic rings. The summed E-state index contributed by atoms with van der Waals surface area (Å²) in [5.74, 6) is -0.299. The topological polar surface area (TPSA) is 109 Å². The number of hydrogen-bond acceptors (Lipinski definition) is 10. The van der Waals surface area contributed by atoms with Crippen molar-refractivity contribution in [2.24, 2.45) is 0 Å². The number of likely N-dealkylation sites (N-methyl/N-ethyl adjacent to an activating group) is 1. The first kappa shape index (κ1) is 29.0. The molecule has 40 heavy (non-hydrogen) atoms. The lowest BCUT2D eigenvalue weighted by molar-refractivity contribution is -0.145. The van der Waals surface area contributed by atoms with Gasteiger partial charge in [0.05, 0.1) is 31.1 Å². The Hall–Kier alpha value is -3.96. The van der Waals surface area contributed by atoms with Gasteiger partial charge in [-0.1, -0.05) is 30.3 Å². The van der Waals surface area contributed by atoms with Crippen LogP contribution in [0, 0.1) is 20.8 Å². The van der Waals surface area contributed by atoms with Gasteiger partial charge in [-0.25, -0.2) is 0 Å². The smallest absolute Gasteiger partial charge is 0.494 e. The Morgan fingerprint density at radius 3 is 2.17 bits per heavy atom. The molecule has 0 radical (unpaired) electrons. The summed E-state index contributed by atoms with van der Waals surface area (Å²) in [5.41, 5.74) is 6.30. The van der Waals surface area contributed by atoms with Gasteiger partial charge in [-0.3, -0.25) is 14.5 Å². The lowest BCUT2D eigenvalue weighted by Gasteiger charge is -2.22. The summed E-state index contributed by atoms with van der Waals surface area (Å²) in [6, 6.07) is 13.4. The maximum atomic E-state index is 12.0. The maximum Gasteiger partial charge on any atom is 0.636 e. The van der Waals surface area contributed by atoms with Gasteiger partial charge in [-0.2, -0.15) is 9.97 Å². The Balaban J connectivity index is 1.44. The molecule has 1 aromatic heterocycles. The number of ether oxygens (including phenoxy) is 3. The van der Waals surface area contributed by atoms with Crippen LogP contribution >= 0.6 is 0 Å². The second-order valence-corrected chi connectivity index (χ2v) is 9.53. The molecule has 1 fully saturated rings. The number of aryl methyl sites for hydroxylation is 2. The molecule has 0 unspecified atom stereocenters. The van der Waals surface area contributed by atoms with Crippen LogP contribution in [0.4, 0.5) is 0 Å². The van der Waals surface area contributed by atoms with Gasteiger partial charge in [0.2, 0.25) is 0 Å². The van der Waals surface area contributed by atoms with Crippen LogP contribution in [0.25, 0.3) is 11.1 Å². The molecule has 1 aliphatic heterocycles. The normalized spacial score (nSPS) is 14.3.